The van der Waals surface area contributed by atoms with E-state index in [9.17, 15) is 9.59 Å². The number of carbonyl (C=O) groups is 2. The van der Waals surface area contributed by atoms with Crippen molar-refractivity contribution in [2.75, 3.05) is 23.4 Å². The zero-order valence-electron chi connectivity index (χ0n) is 20.1. The second-order valence-corrected chi connectivity index (χ2v) is 9.77. The highest BCUT2D eigenvalue weighted by Crippen LogP contribution is 2.37. The van der Waals surface area contributed by atoms with Crippen LogP contribution >= 0.6 is 11.6 Å². The Bertz CT molecular complexity index is 1260. The average molecular weight is 509 g/mol. The van der Waals surface area contributed by atoms with Crippen LogP contribution in [0.4, 0.5) is 17.1 Å². The Morgan fingerprint density at radius 1 is 1.22 bits per heavy atom. The number of pyridine rings is 1. The predicted octanol–water partition coefficient (Wildman–Crippen LogP) is 4.32. The number of carbonyl (C=O) groups excluding carboxylic acids is 2. The van der Waals surface area contributed by atoms with E-state index >= 15 is 0 Å². The van der Waals surface area contributed by atoms with Crippen molar-refractivity contribution in [2.24, 2.45) is 13.0 Å². The fourth-order valence-electron chi connectivity index (χ4n) is 4.93. The number of fused-ring (bicyclic) bond motifs is 1. The summed E-state index contributed by atoms with van der Waals surface area (Å²) in [6, 6.07) is 8.49. The number of nitrogens with one attached hydrogen (secondary N) is 2. The Kier molecular flexibility index (Phi) is 7.09. The summed E-state index contributed by atoms with van der Waals surface area (Å²) in [5, 5.41) is 10.5. The van der Waals surface area contributed by atoms with E-state index in [0.29, 0.717) is 47.6 Å². The monoisotopic (exact) mass is 508 g/mol. The van der Waals surface area contributed by atoms with E-state index in [1.165, 1.54) is 0 Å². The van der Waals surface area contributed by atoms with Gasteiger partial charge in [0.05, 0.1) is 23.5 Å². The third kappa shape index (κ3) is 5.46. The van der Waals surface area contributed by atoms with Crippen LogP contribution < -0.4 is 20.3 Å². The van der Waals surface area contributed by atoms with E-state index in [-0.39, 0.29) is 11.8 Å². The highest BCUT2D eigenvalue weighted by molar-refractivity contribution is 6.30. The Hall–Kier alpha value is -3.59. The summed E-state index contributed by atoms with van der Waals surface area (Å²) in [6.07, 6.45) is 9.97. The molecule has 1 aromatic carbocycles. The van der Waals surface area contributed by atoms with Gasteiger partial charge in [-0.2, -0.15) is 5.10 Å². The molecule has 3 heterocycles. The lowest BCUT2D eigenvalue weighted by Crippen LogP contribution is -2.44. The van der Waals surface area contributed by atoms with Crippen molar-refractivity contribution in [3.05, 3.63) is 59.5 Å². The van der Waals surface area contributed by atoms with E-state index in [1.807, 2.05) is 23.1 Å². The Morgan fingerprint density at radius 2 is 2.06 bits per heavy atom. The minimum absolute atomic E-state index is 0.234. The molecule has 188 valence electrons. The number of ether oxygens (including phenoxy) is 1. The van der Waals surface area contributed by atoms with Crippen LogP contribution in [-0.4, -0.2) is 45.8 Å². The Balaban J connectivity index is 1.34. The van der Waals surface area contributed by atoms with Crippen molar-refractivity contribution in [1.29, 1.82) is 0 Å². The quantitative estimate of drug-likeness (QED) is 0.493. The SMILES string of the molecule is Cn1cc(NC(=O)[C@H](CC2CCCC2)NC(=O)c2cccc(N3CCOc4ncc(Cl)cc43)c2)cn1. The summed E-state index contributed by atoms with van der Waals surface area (Å²) in [7, 11) is 1.79. The van der Waals surface area contributed by atoms with Gasteiger partial charge in [-0.15, -0.1) is 0 Å². The van der Waals surface area contributed by atoms with E-state index in [4.69, 9.17) is 16.3 Å². The van der Waals surface area contributed by atoms with E-state index in [0.717, 1.165) is 37.1 Å². The summed E-state index contributed by atoms with van der Waals surface area (Å²) < 4.78 is 7.28. The fourth-order valence-corrected chi connectivity index (χ4v) is 5.08. The van der Waals surface area contributed by atoms with Crippen molar-refractivity contribution in [1.82, 2.24) is 20.1 Å². The number of amides is 2. The van der Waals surface area contributed by atoms with Crippen LogP contribution in [0.5, 0.6) is 5.88 Å². The maximum absolute atomic E-state index is 13.3. The number of aryl methyl sites for hydroxylation is 1. The van der Waals surface area contributed by atoms with Gasteiger partial charge in [0.25, 0.3) is 5.91 Å². The van der Waals surface area contributed by atoms with Crippen LogP contribution in [0.1, 0.15) is 42.5 Å². The van der Waals surface area contributed by atoms with Crippen molar-refractivity contribution in [3.63, 3.8) is 0 Å². The number of benzene rings is 1. The number of aromatic nitrogens is 3. The van der Waals surface area contributed by atoms with Crippen molar-refractivity contribution in [2.45, 2.75) is 38.1 Å². The molecule has 1 aliphatic carbocycles. The van der Waals surface area contributed by atoms with Gasteiger partial charge >= 0.3 is 0 Å². The lowest BCUT2D eigenvalue weighted by molar-refractivity contribution is -0.118. The fraction of sp³-hybridized carbons (Fsp3) is 0.385. The molecule has 5 rings (SSSR count). The molecule has 1 aliphatic heterocycles. The molecule has 0 radical (unpaired) electrons. The number of anilines is 3. The first-order valence-electron chi connectivity index (χ1n) is 12.2. The molecule has 3 aromatic rings. The molecule has 0 spiro atoms. The highest BCUT2D eigenvalue weighted by atomic mass is 35.5. The molecule has 9 nitrogen and oxygen atoms in total. The van der Waals surface area contributed by atoms with Gasteiger partial charge in [0, 0.05) is 30.7 Å². The number of rotatable bonds is 7. The molecule has 2 N–H and O–H groups in total. The van der Waals surface area contributed by atoms with Gasteiger partial charge in [-0.3, -0.25) is 14.3 Å². The standard InChI is InChI=1S/C26H29ClN6O3/c1-32-16-20(15-29-32)30-25(35)22(11-17-5-2-3-6-17)31-24(34)18-7-4-8-21(12-18)33-9-10-36-26-23(33)13-19(27)14-28-26/h4,7-8,12-17,22H,2-3,5-6,9-11H2,1H3,(H,30,35)(H,31,34)/t22-/m0/s1. The molecule has 2 aliphatic rings. The summed E-state index contributed by atoms with van der Waals surface area (Å²) in [5.74, 6) is 0.397. The topological polar surface area (TPSA) is 101 Å². The van der Waals surface area contributed by atoms with Crippen LogP contribution in [0.2, 0.25) is 5.02 Å². The number of nitrogens with zero attached hydrogens (tertiary/aromatic N) is 4. The highest BCUT2D eigenvalue weighted by Gasteiger charge is 2.28. The van der Waals surface area contributed by atoms with E-state index in [2.05, 4.69) is 20.7 Å². The molecule has 1 atom stereocenters. The first-order chi connectivity index (χ1) is 17.5. The molecule has 2 aromatic heterocycles. The van der Waals surface area contributed by atoms with E-state index < -0.39 is 6.04 Å². The molecule has 1 fully saturated rings. The average Bonchev–Trinajstić information content (AvgIpc) is 3.54. The Morgan fingerprint density at radius 3 is 2.83 bits per heavy atom. The second kappa shape index (κ2) is 10.6. The van der Waals surface area contributed by atoms with Crippen molar-refractivity contribution < 1.29 is 14.3 Å². The largest absolute Gasteiger partial charge is 0.474 e. The normalized spacial score (nSPS) is 16.2. The van der Waals surface area contributed by atoms with Crippen LogP contribution in [0.3, 0.4) is 0 Å². The molecule has 1 saturated carbocycles. The van der Waals surface area contributed by atoms with Gasteiger partial charge < -0.3 is 20.3 Å². The molecule has 0 bridgehead atoms. The first kappa shape index (κ1) is 24.1. The van der Waals surface area contributed by atoms with Crippen LogP contribution in [-0.2, 0) is 11.8 Å². The van der Waals surface area contributed by atoms with Gasteiger partial charge in [-0.25, -0.2) is 4.98 Å². The van der Waals surface area contributed by atoms with Crippen LogP contribution in [0.15, 0.2) is 48.9 Å². The van der Waals surface area contributed by atoms with Gasteiger partial charge in [0.15, 0.2) is 0 Å². The zero-order chi connectivity index (χ0) is 25.1. The van der Waals surface area contributed by atoms with E-state index in [1.54, 1.807) is 42.5 Å². The van der Waals surface area contributed by atoms with Crippen molar-refractivity contribution >= 4 is 40.5 Å². The second-order valence-electron chi connectivity index (χ2n) is 9.33. The summed E-state index contributed by atoms with van der Waals surface area (Å²) in [6.45, 7) is 1.06. The minimum atomic E-state index is -0.642. The smallest absolute Gasteiger partial charge is 0.252 e. The molecule has 2 amide bonds. The van der Waals surface area contributed by atoms with Gasteiger partial charge in [0.1, 0.15) is 18.3 Å². The summed E-state index contributed by atoms with van der Waals surface area (Å²) in [5.41, 5.74) is 2.65. The molecule has 0 unspecified atom stereocenters. The number of hydrogen-bond acceptors (Lipinski definition) is 6. The first-order valence-corrected chi connectivity index (χ1v) is 12.6. The predicted molar refractivity (Wildman–Crippen MR) is 138 cm³/mol. The molecule has 0 saturated heterocycles. The maximum Gasteiger partial charge on any atom is 0.252 e. The molecular weight excluding hydrogens is 480 g/mol. The lowest BCUT2D eigenvalue weighted by Gasteiger charge is -2.30. The Labute approximate surface area is 214 Å². The molecule has 10 heteroatoms. The third-order valence-corrected chi connectivity index (χ3v) is 6.91. The number of halogens is 1. The van der Waals surface area contributed by atoms with Gasteiger partial charge in [-0.05, 0) is 36.6 Å². The van der Waals surface area contributed by atoms with Gasteiger partial charge in [0.2, 0.25) is 11.8 Å². The van der Waals surface area contributed by atoms with Crippen LogP contribution in [0.25, 0.3) is 0 Å². The summed E-state index contributed by atoms with van der Waals surface area (Å²) in [4.78, 5) is 32.8. The minimum Gasteiger partial charge on any atom is -0.474 e. The van der Waals surface area contributed by atoms with Crippen LogP contribution in [0, 0.1) is 5.92 Å². The maximum atomic E-state index is 13.3. The number of hydrogen-bond donors (Lipinski definition) is 2. The lowest BCUT2D eigenvalue weighted by atomic mass is 9.97. The zero-order valence-corrected chi connectivity index (χ0v) is 20.9. The van der Waals surface area contributed by atoms with Gasteiger partial charge in [-0.1, -0.05) is 43.4 Å². The van der Waals surface area contributed by atoms with Crippen molar-refractivity contribution in [3.8, 4) is 5.88 Å². The molecule has 36 heavy (non-hydrogen) atoms. The third-order valence-electron chi connectivity index (χ3n) is 6.70. The summed E-state index contributed by atoms with van der Waals surface area (Å²) >= 11 is 6.18. The molecular formula is C26H29ClN6O3.